The summed E-state index contributed by atoms with van der Waals surface area (Å²) in [6, 6.07) is 6.44. The molecule has 1 aromatic carbocycles. The molecule has 0 amide bonds. The summed E-state index contributed by atoms with van der Waals surface area (Å²) >= 11 is 0. The number of hydrogen-bond acceptors (Lipinski definition) is 1. The van der Waals surface area contributed by atoms with Gasteiger partial charge < -0.3 is 0 Å². The van der Waals surface area contributed by atoms with Crippen molar-refractivity contribution in [3.63, 3.8) is 0 Å². The van der Waals surface area contributed by atoms with E-state index in [9.17, 15) is 9.18 Å². The van der Waals surface area contributed by atoms with Gasteiger partial charge in [-0.1, -0.05) is 18.2 Å². The fraction of sp³-hybridized carbons (Fsp3) is 0.250. The van der Waals surface area contributed by atoms with Crippen molar-refractivity contribution in [3.8, 4) is 0 Å². The standard InChI is InChI=1S/C12H11FO/c13-11-4-2-1-3-9(11)7-8-12(14)10-5-6-10/h1-4,7-8,10H,5-6H2. The van der Waals surface area contributed by atoms with E-state index in [1.807, 2.05) is 0 Å². The van der Waals surface area contributed by atoms with Crippen LogP contribution in [-0.2, 0) is 4.79 Å². The molecule has 0 bridgehead atoms. The van der Waals surface area contributed by atoms with Crippen LogP contribution in [0.25, 0.3) is 6.08 Å². The van der Waals surface area contributed by atoms with Crippen LogP contribution in [0, 0.1) is 11.7 Å². The van der Waals surface area contributed by atoms with Gasteiger partial charge in [0.2, 0.25) is 0 Å². The number of carbonyl (C=O) groups excluding carboxylic acids is 1. The Hall–Kier alpha value is -1.44. The lowest BCUT2D eigenvalue weighted by Crippen LogP contribution is -1.93. The highest BCUT2D eigenvalue weighted by Gasteiger charge is 2.27. The predicted octanol–water partition coefficient (Wildman–Crippen LogP) is 2.82. The first-order valence-electron chi connectivity index (χ1n) is 4.74. The maximum atomic E-state index is 13.1. The summed E-state index contributed by atoms with van der Waals surface area (Å²) in [5.41, 5.74) is 0.474. The third-order valence-corrected chi connectivity index (χ3v) is 2.31. The van der Waals surface area contributed by atoms with Crippen molar-refractivity contribution < 1.29 is 9.18 Å². The van der Waals surface area contributed by atoms with E-state index in [2.05, 4.69) is 0 Å². The van der Waals surface area contributed by atoms with Crippen LogP contribution in [0.3, 0.4) is 0 Å². The Morgan fingerprint density at radius 1 is 1.36 bits per heavy atom. The minimum absolute atomic E-state index is 0.119. The van der Waals surface area contributed by atoms with Crippen molar-refractivity contribution >= 4 is 11.9 Å². The van der Waals surface area contributed by atoms with Crippen LogP contribution in [0.15, 0.2) is 30.3 Å². The number of ketones is 1. The molecule has 0 aromatic heterocycles. The zero-order valence-electron chi connectivity index (χ0n) is 7.74. The van der Waals surface area contributed by atoms with E-state index in [0.717, 1.165) is 12.8 Å². The van der Waals surface area contributed by atoms with Gasteiger partial charge in [-0.25, -0.2) is 4.39 Å². The summed E-state index contributed by atoms with van der Waals surface area (Å²) < 4.78 is 13.1. The predicted molar refractivity (Wildman–Crippen MR) is 53.2 cm³/mol. The first-order chi connectivity index (χ1) is 6.77. The molecule has 1 aliphatic rings. The molecular formula is C12H11FO. The van der Waals surface area contributed by atoms with E-state index < -0.39 is 0 Å². The Morgan fingerprint density at radius 3 is 2.71 bits per heavy atom. The molecule has 0 aliphatic heterocycles. The van der Waals surface area contributed by atoms with Gasteiger partial charge in [0.25, 0.3) is 0 Å². The number of halogens is 1. The van der Waals surface area contributed by atoms with Crippen LogP contribution in [-0.4, -0.2) is 5.78 Å². The molecule has 1 aliphatic carbocycles. The monoisotopic (exact) mass is 190 g/mol. The molecule has 0 heterocycles. The van der Waals surface area contributed by atoms with E-state index in [4.69, 9.17) is 0 Å². The molecule has 2 rings (SSSR count). The maximum Gasteiger partial charge on any atom is 0.158 e. The van der Waals surface area contributed by atoms with Gasteiger partial charge in [-0.3, -0.25) is 4.79 Å². The second-order valence-electron chi connectivity index (χ2n) is 3.53. The average Bonchev–Trinajstić information content (AvgIpc) is 2.99. The molecule has 0 unspecified atom stereocenters. The highest BCUT2D eigenvalue weighted by Crippen LogP contribution is 2.30. The molecular weight excluding hydrogens is 179 g/mol. The fourth-order valence-electron chi connectivity index (χ4n) is 1.29. The quantitative estimate of drug-likeness (QED) is 0.670. The lowest BCUT2D eigenvalue weighted by molar-refractivity contribution is -0.115. The molecule has 1 fully saturated rings. The topological polar surface area (TPSA) is 17.1 Å². The normalized spacial score (nSPS) is 16.1. The number of benzene rings is 1. The van der Waals surface area contributed by atoms with Gasteiger partial charge in [-0.15, -0.1) is 0 Å². The van der Waals surface area contributed by atoms with Crippen molar-refractivity contribution in [2.24, 2.45) is 5.92 Å². The Kier molecular flexibility index (Phi) is 2.44. The van der Waals surface area contributed by atoms with Crippen LogP contribution >= 0.6 is 0 Å². The molecule has 1 saturated carbocycles. The molecule has 0 saturated heterocycles. The van der Waals surface area contributed by atoms with Crippen LogP contribution in [0.5, 0.6) is 0 Å². The minimum Gasteiger partial charge on any atom is -0.295 e. The van der Waals surface area contributed by atoms with Crippen LogP contribution < -0.4 is 0 Å². The summed E-state index contributed by atoms with van der Waals surface area (Å²) in [5.74, 6) is 0.0404. The number of hydrogen-bond donors (Lipinski definition) is 0. The molecule has 1 nitrogen and oxygen atoms in total. The molecule has 0 spiro atoms. The molecule has 2 heteroatoms. The van der Waals surface area contributed by atoms with Gasteiger partial charge in [0.1, 0.15) is 5.82 Å². The summed E-state index contributed by atoms with van der Waals surface area (Å²) in [6.07, 6.45) is 5.01. The first-order valence-corrected chi connectivity index (χ1v) is 4.74. The van der Waals surface area contributed by atoms with Gasteiger partial charge >= 0.3 is 0 Å². The molecule has 0 radical (unpaired) electrons. The van der Waals surface area contributed by atoms with Crippen LogP contribution in [0.1, 0.15) is 18.4 Å². The Labute approximate surface area is 82.3 Å². The third kappa shape index (κ3) is 2.08. The van der Waals surface area contributed by atoms with Crippen LogP contribution in [0.4, 0.5) is 4.39 Å². The van der Waals surface area contributed by atoms with E-state index >= 15 is 0 Å². The number of allylic oxidation sites excluding steroid dienone is 1. The number of carbonyl (C=O) groups is 1. The molecule has 0 N–H and O–H groups in total. The van der Waals surface area contributed by atoms with Gasteiger partial charge in [-0.2, -0.15) is 0 Å². The Bertz CT molecular complexity index is 378. The third-order valence-electron chi connectivity index (χ3n) is 2.31. The second-order valence-corrected chi connectivity index (χ2v) is 3.53. The summed E-state index contributed by atoms with van der Waals surface area (Å²) in [6.45, 7) is 0. The van der Waals surface area contributed by atoms with Crippen LogP contribution in [0.2, 0.25) is 0 Å². The number of rotatable bonds is 3. The zero-order valence-corrected chi connectivity index (χ0v) is 7.74. The minimum atomic E-state index is -0.285. The van der Waals surface area contributed by atoms with Gasteiger partial charge in [-0.05, 0) is 31.1 Å². The Morgan fingerprint density at radius 2 is 2.07 bits per heavy atom. The molecule has 72 valence electrons. The summed E-state index contributed by atoms with van der Waals surface area (Å²) in [4.78, 5) is 11.3. The van der Waals surface area contributed by atoms with Gasteiger partial charge in [0.05, 0.1) is 0 Å². The summed E-state index contributed by atoms with van der Waals surface area (Å²) in [5, 5.41) is 0. The first kappa shape index (κ1) is 9.13. The smallest absolute Gasteiger partial charge is 0.158 e. The highest BCUT2D eigenvalue weighted by atomic mass is 19.1. The zero-order chi connectivity index (χ0) is 9.97. The van der Waals surface area contributed by atoms with Crippen molar-refractivity contribution in [1.29, 1.82) is 0 Å². The molecule has 1 aromatic rings. The lowest BCUT2D eigenvalue weighted by Gasteiger charge is -1.94. The van der Waals surface area contributed by atoms with E-state index in [0.29, 0.717) is 5.56 Å². The molecule has 0 atom stereocenters. The highest BCUT2D eigenvalue weighted by molar-refractivity contribution is 5.96. The summed E-state index contributed by atoms with van der Waals surface area (Å²) in [7, 11) is 0. The fourth-order valence-corrected chi connectivity index (χ4v) is 1.29. The largest absolute Gasteiger partial charge is 0.295 e. The van der Waals surface area contributed by atoms with Crippen molar-refractivity contribution in [3.05, 3.63) is 41.7 Å². The van der Waals surface area contributed by atoms with E-state index in [-0.39, 0.29) is 17.5 Å². The second kappa shape index (κ2) is 3.74. The van der Waals surface area contributed by atoms with Gasteiger partial charge in [0, 0.05) is 11.5 Å². The van der Waals surface area contributed by atoms with Crippen molar-refractivity contribution in [2.45, 2.75) is 12.8 Å². The maximum absolute atomic E-state index is 13.1. The Balaban J connectivity index is 2.09. The van der Waals surface area contributed by atoms with Gasteiger partial charge in [0.15, 0.2) is 5.78 Å². The van der Waals surface area contributed by atoms with E-state index in [1.165, 1.54) is 12.1 Å². The van der Waals surface area contributed by atoms with Crippen molar-refractivity contribution in [1.82, 2.24) is 0 Å². The molecule has 14 heavy (non-hydrogen) atoms. The SMILES string of the molecule is O=C(C=Cc1ccccc1F)C1CC1. The lowest BCUT2D eigenvalue weighted by atomic mass is 10.1. The van der Waals surface area contributed by atoms with Crippen molar-refractivity contribution in [2.75, 3.05) is 0 Å². The van der Waals surface area contributed by atoms with E-state index in [1.54, 1.807) is 24.3 Å². The average molecular weight is 190 g/mol.